The van der Waals surface area contributed by atoms with Crippen LogP contribution in [0.4, 0.5) is 11.4 Å². The monoisotopic (exact) mass is 367 g/mol. The lowest BCUT2D eigenvalue weighted by molar-refractivity contribution is -0.121. The van der Waals surface area contributed by atoms with Gasteiger partial charge in [0.15, 0.2) is 6.61 Å². The average Bonchev–Trinajstić information content (AvgIpc) is 2.59. The number of nitrogens with one attached hydrogen (secondary N) is 2. The molecule has 2 amide bonds. The number of carbonyl (C=O) groups excluding carboxylic acids is 2. The zero-order chi connectivity index (χ0) is 17.1. The molecular weight excluding hydrogens is 342 g/mol. The van der Waals surface area contributed by atoms with Gasteiger partial charge in [-0.25, -0.2) is 0 Å². The van der Waals surface area contributed by atoms with Crippen LogP contribution in [0.2, 0.25) is 0 Å². The van der Waals surface area contributed by atoms with Crippen LogP contribution >= 0.6 is 12.4 Å². The molecule has 1 aromatic rings. The third-order valence-electron chi connectivity index (χ3n) is 5.03. The Kier molecular flexibility index (Phi) is 6.67. The molecule has 138 valence electrons. The number of benzene rings is 1. The molecule has 1 saturated heterocycles. The number of halogens is 1. The summed E-state index contributed by atoms with van der Waals surface area (Å²) in [6, 6.07) is 5.40. The van der Waals surface area contributed by atoms with Gasteiger partial charge in [-0.15, -0.1) is 12.4 Å². The summed E-state index contributed by atoms with van der Waals surface area (Å²) in [5, 5.41) is 6.30. The minimum atomic E-state index is -0.0921. The Morgan fingerprint density at radius 3 is 2.84 bits per heavy atom. The lowest BCUT2D eigenvalue weighted by Crippen LogP contribution is -2.35. The Hall–Kier alpha value is -1.79. The van der Waals surface area contributed by atoms with E-state index >= 15 is 0 Å². The molecule has 3 rings (SSSR count). The summed E-state index contributed by atoms with van der Waals surface area (Å²) in [6.45, 7) is 4.30. The van der Waals surface area contributed by atoms with Gasteiger partial charge in [-0.05, 0) is 56.0 Å². The topological polar surface area (TPSA) is 70.7 Å². The first-order valence-corrected chi connectivity index (χ1v) is 8.58. The van der Waals surface area contributed by atoms with Gasteiger partial charge in [-0.2, -0.15) is 0 Å². The fraction of sp³-hybridized carbons (Fsp3) is 0.556. The van der Waals surface area contributed by atoms with E-state index in [1.165, 1.54) is 0 Å². The van der Waals surface area contributed by atoms with Crippen molar-refractivity contribution in [2.75, 3.05) is 37.0 Å². The van der Waals surface area contributed by atoms with E-state index in [0.717, 1.165) is 25.9 Å². The van der Waals surface area contributed by atoms with E-state index in [4.69, 9.17) is 4.74 Å². The Labute approximate surface area is 154 Å². The molecule has 0 spiro atoms. The second-order valence-corrected chi connectivity index (χ2v) is 6.74. The van der Waals surface area contributed by atoms with Gasteiger partial charge >= 0.3 is 0 Å². The number of likely N-dealkylation sites (N-methyl/N-ethyl adjacent to an activating group) is 1. The number of ether oxygens (including phenoxy) is 1. The van der Waals surface area contributed by atoms with Gasteiger partial charge in [-0.3, -0.25) is 9.59 Å². The number of carbonyl (C=O) groups is 2. The van der Waals surface area contributed by atoms with Crippen LogP contribution in [0.25, 0.3) is 0 Å². The number of hydrogen-bond acceptors (Lipinski definition) is 4. The van der Waals surface area contributed by atoms with Crippen molar-refractivity contribution >= 4 is 35.6 Å². The third-order valence-corrected chi connectivity index (χ3v) is 5.03. The van der Waals surface area contributed by atoms with Crippen LogP contribution in [0, 0.1) is 11.8 Å². The van der Waals surface area contributed by atoms with Crippen molar-refractivity contribution in [2.45, 2.75) is 26.2 Å². The summed E-state index contributed by atoms with van der Waals surface area (Å²) in [5.41, 5.74) is 1.39. The molecule has 2 N–H and O–H groups in total. The zero-order valence-corrected chi connectivity index (χ0v) is 15.5. The van der Waals surface area contributed by atoms with Crippen LogP contribution in [-0.2, 0) is 9.59 Å². The van der Waals surface area contributed by atoms with Gasteiger partial charge in [0.05, 0.1) is 5.69 Å². The van der Waals surface area contributed by atoms with Gasteiger partial charge in [0, 0.05) is 19.2 Å². The van der Waals surface area contributed by atoms with Crippen LogP contribution in [0.3, 0.4) is 0 Å². The van der Waals surface area contributed by atoms with Crippen LogP contribution < -0.4 is 20.3 Å². The Balaban J connectivity index is 0.00000225. The Morgan fingerprint density at radius 2 is 2.12 bits per heavy atom. The van der Waals surface area contributed by atoms with Gasteiger partial charge in [-0.1, -0.05) is 6.92 Å². The first-order valence-electron chi connectivity index (χ1n) is 8.58. The van der Waals surface area contributed by atoms with E-state index < -0.39 is 0 Å². The zero-order valence-electron chi connectivity index (χ0n) is 14.7. The van der Waals surface area contributed by atoms with E-state index in [1.807, 2.05) is 6.07 Å². The number of anilines is 2. The highest BCUT2D eigenvalue weighted by atomic mass is 35.5. The molecular formula is C18H26ClN3O3. The second kappa shape index (κ2) is 8.54. The maximum absolute atomic E-state index is 12.3. The predicted octanol–water partition coefficient (Wildman–Crippen LogP) is 2.43. The number of hydrogen-bond donors (Lipinski definition) is 2. The van der Waals surface area contributed by atoms with Crippen molar-refractivity contribution in [3.63, 3.8) is 0 Å². The van der Waals surface area contributed by atoms with Gasteiger partial charge in [0.2, 0.25) is 5.91 Å². The predicted molar refractivity (Wildman–Crippen MR) is 101 cm³/mol. The molecule has 0 aliphatic carbocycles. The molecule has 1 aromatic carbocycles. The first-order chi connectivity index (χ1) is 11.5. The standard InChI is InChI=1S/C18H25N3O3.ClH/c1-12(13-5-7-19-8-6-13)9-17(22)20-14-3-4-16-15(10-14)21(2)18(23)11-24-16;/h3-4,10,12-13,19H,5-9,11H2,1-2H3,(H,20,22);1H. The van der Waals surface area contributed by atoms with Crippen molar-refractivity contribution in [1.29, 1.82) is 0 Å². The quantitative estimate of drug-likeness (QED) is 0.857. The van der Waals surface area contributed by atoms with Crippen molar-refractivity contribution in [3.8, 4) is 5.75 Å². The number of piperidine rings is 1. The molecule has 25 heavy (non-hydrogen) atoms. The van der Waals surface area contributed by atoms with E-state index in [1.54, 1.807) is 24.1 Å². The summed E-state index contributed by atoms with van der Waals surface area (Å²) in [7, 11) is 1.72. The number of amides is 2. The molecule has 2 aliphatic rings. The van der Waals surface area contributed by atoms with Gasteiger partial charge in [0.1, 0.15) is 5.75 Å². The SMILES string of the molecule is CC(CC(=O)Nc1ccc2c(c1)N(C)C(=O)CO2)C1CCNCC1.Cl. The highest BCUT2D eigenvalue weighted by Crippen LogP contribution is 2.34. The highest BCUT2D eigenvalue weighted by molar-refractivity contribution is 5.99. The van der Waals surface area contributed by atoms with Gasteiger partial charge < -0.3 is 20.3 Å². The van der Waals surface area contributed by atoms with Crippen LogP contribution in [0.5, 0.6) is 5.75 Å². The highest BCUT2D eigenvalue weighted by Gasteiger charge is 2.24. The van der Waals surface area contributed by atoms with Crippen molar-refractivity contribution in [2.24, 2.45) is 11.8 Å². The molecule has 1 unspecified atom stereocenters. The number of nitrogens with zero attached hydrogens (tertiary/aromatic N) is 1. The maximum Gasteiger partial charge on any atom is 0.264 e. The summed E-state index contributed by atoms with van der Waals surface area (Å²) in [4.78, 5) is 25.6. The largest absolute Gasteiger partial charge is 0.482 e. The molecule has 2 aliphatic heterocycles. The summed E-state index contributed by atoms with van der Waals surface area (Å²) >= 11 is 0. The lowest BCUT2D eigenvalue weighted by Gasteiger charge is -2.28. The summed E-state index contributed by atoms with van der Waals surface area (Å²) < 4.78 is 5.40. The third kappa shape index (κ3) is 4.64. The van der Waals surface area contributed by atoms with Crippen molar-refractivity contribution < 1.29 is 14.3 Å². The normalized spacial score (nSPS) is 18.6. The second-order valence-electron chi connectivity index (χ2n) is 6.74. The lowest BCUT2D eigenvalue weighted by atomic mass is 9.84. The van der Waals surface area contributed by atoms with E-state index in [9.17, 15) is 9.59 Å². The smallest absolute Gasteiger partial charge is 0.264 e. The minimum Gasteiger partial charge on any atom is -0.482 e. The molecule has 2 heterocycles. The van der Waals surface area contributed by atoms with Gasteiger partial charge in [0.25, 0.3) is 5.91 Å². The fourth-order valence-corrected chi connectivity index (χ4v) is 3.43. The minimum absolute atomic E-state index is 0. The number of fused-ring (bicyclic) bond motifs is 1. The Bertz CT molecular complexity index is 632. The molecule has 0 bridgehead atoms. The number of rotatable bonds is 4. The average molecular weight is 368 g/mol. The molecule has 6 nitrogen and oxygen atoms in total. The molecule has 1 atom stereocenters. The molecule has 0 radical (unpaired) electrons. The Morgan fingerprint density at radius 1 is 1.40 bits per heavy atom. The molecule has 7 heteroatoms. The molecule has 1 fully saturated rings. The van der Waals surface area contributed by atoms with Crippen molar-refractivity contribution in [3.05, 3.63) is 18.2 Å². The fourth-order valence-electron chi connectivity index (χ4n) is 3.43. The first kappa shape index (κ1) is 19.5. The molecule has 0 saturated carbocycles. The van der Waals surface area contributed by atoms with Crippen LogP contribution in [0.15, 0.2) is 18.2 Å². The van der Waals surface area contributed by atoms with Crippen LogP contribution in [0.1, 0.15) is 26.2 Å². The van der Waals surface area contributed by atoms with E-state index in [0.29, 0.717) is 35.4 Å². The van der Waals surface area contributed by atoms with E-state index in [-0.39, 0.29) is 30.8 Å². The van der Waals surface area contributed by atoms with E-state index in [2.05, 4.69) is 17.6 Å². The summed E-state index contributed by atoms with van der Waals surface area (Å²) in [6.07, 6.45) is 2.79. The maximum atomic E-state index is 12.3. The van der Waals surface area contributed by atoms with Crippen molar-refractivity contribution in [1.82, 2.24) is 5.32 Å². The summed E-state index contributed by atoms with van der Waals surface area (Å²) in [5.74, 6) is 1.57. The molecule has 0 aromatic heterocycles. The van der Waals surface area contributed by atoms with Crippen LogP contribution in [-0.4, -0.2) is 38.6 Å².